The summed E-state index contributed by atoms with van der Waals surface area (Å²) in [4.78, 5) is 32.6. The van der Waals surface area contributed by atoms with Crippen LogP contribution >= 0.6 is 0 Å². The molecular formula is C19H28N2O4. The van der Waals surface area contributed by atoms with Crippen LogP contribution in [0.1, 0.15) is 74.4 Å². The van der Waals surface area contributed by atoms with Crippen molar-refractivity contribution in [2.45, 2.75) is 65.5 Å². The molecule has 6 nitrogen and oxygen atoms in total. The summed E-state index contributed by atoms with van der Waals surface area (Å²) < 4.78 is 0. The lowest BCUT2D eigenvalue weighted by molar-refractivity contribution is -0.134. The Morgan fingerprint density at radius 2 is 1.84 bits per heavy atom. The molecule has 2 aliphatic heterocycles. The molecule has 138 valence electrons. The van der Waals surface area contributed by atoms with Crippen molar-refractivity contribution >= 4 is 17.7 Å². The quantitative estimate of drug-likeness (QED) is 0.678. The number of amides is 3. The molecule has 3 N–H and O–H groups in total. The Hall–Kier alpha value is -2.21. The van der Waals surface area contributed by atoms with E-state index in [0.717, 1.165) is 5.56 Å². The molecule has 1 atom stereocenters. The van der Waals surface area contributed by atoms with Crippen molar-refractivity contribution in [3.05, 3.63) is 34.9 Å². The number of nitrogens with one attached hydrogen (secondary N) is 2. The lowest BCUT2D eigenvalue weighted by Crippen LogP contribution is -2.35. The Bertz CT molecular complexity index is 626. The fourth-order valence-corrected chi connectivity index (χ4v) is 2.69. The number of carbonyl (C=O) groups excluding carboxylic acids is 3. The van der Waals surface area contributed by atoms with Crippen LogP contribution in [0.2, 0.25) is 0 Å². The zero-order valence-electron chi connectivity index (χ0n) is 15.4. The summed E-state index contributed by atoms with van der Waals surface area (Å²) in [6, 6.07) is 5.95. The number of carbonyl (C=O) groups is 3. The number of rotatable bonds is 1. The number of imide groups is 1. The molecule has 2 aliphatic rings. The molecule has 25 heavy (non-hydrogen) atoms. The second-order valence-corrected chi connectivity index (χ2v) is 6.03. The highest BCUT2D eigenvalue weighted by Crippen LogP contribution is 2.25. The molecule has 1 saturated heterocycles. The number of aliphatic hydroxyl groups excluding tert-OH is 1. The molecule has 0 radical (unpaired) electrons. The molecular weight excluding hydrogens is 320 g/mol. The van der Waals surface area contributed by atoms with Gasteiger partial charge in [-0.15, -0.1) is 0 Å². The smallest absolute Gasteiger partial charge is 0.255 e. The van der Waals surface area contributed by atoms with Crippen molar-refractivity contribution in [1.82, 2.24) is 10.6 Å². The van der Waals surface area contributed by atoms with Gasteiger partial charge in [0.25, 0.3) is 11.8 Å². The van der Waals surface area contributed by atoms with Gasteiger partial charge in [-0.05, 0) is 36.0 Å². The molecule has 0 spiro atoms. The van der Waals surface area contributed by atoms with Gasteiger partial charge in [0.1, 0.15) is 6.10 Å². The van der Waals surface area contributed by atoms with E-state index >= 15 is 0 Å². The first kappa shape index (κ1) is 20.8. The van der Waals surface area contributed by atoms with Crippen molar-refractivity contribution in [2.75, 3.05) is 0 Å². The van der Waals surface area contributed by atoms with Gasteiger partial charge in [-0.1, -0.05) is 39.8 Å². The van der Waals surface area contributed by atoms with E-state index in [2.05, 4.69) is 30.5 Å². The first-order chi connectivity index (χ1) is 11.9. The minimum Gasteiger partial charge on any atom is -0.383 e. The second-order valence-electron chi connectivity index (χ2n) is 6.03. The fourth-order valence-electron chi connectivity index (χ4n) is 2.69. The van der Waals surface area contributed by atoms with Crippen molar-refractivity contribution in [2.24, 2.45) is 0 Å². The van der Waals surface area contributed by atoms with Gasteiger partial charge in [0.05, 0.1) is 0 Å². The number of hydrogen-bond donors (Lipinski definition) is 3. The van der Waals surface area contributed by atoms with E-state index in [1.807, 2.05) is 26.0 Å². The second kappa shape index (κ2) is 9.93. The summed E-state index contributed by atoms with van der Waals surface area (Å²) in [6.07, 6.45) is 0.311. The molecule has 3 amide bonds. The minimum absolute atomic E-state index is 0.0671. The predicted octanol–water partition coefficient (Wildman–Crippen LogP) is 2.25. The van der Waals surface area contributed by atoms with E-state index in [-0.39, 0.29) is 11.8 Å². The maximum absolute atomic E-state index is 11.3. The molecule has 0 bridgehead atoms. The highest BCUT2D eigenvalue weighted by Gasteiger charge is 2.22. The van der Waals surface area contributed by atoms with Gasteiger partial charge in [-0.2, -0.15) is 0 Å². The fraction of sp³-hybridized carbons (Fsp3) is 0.526. The normalized spacial score (nSPS) is 18.8. The molecule has 0 aliphatic carbocycles. The zero-order valence-corrected chi connectivity index (χ0v) is 15.4. The molecule has 2 heterocycles. The maximum atomic E-state index is 11.3. The van der Waals surface area contributed by atoms with Crippen LogP contribution in [-0.4, -0.2) is 28.9 Å². The van der Waals surface area contributed by atoms with Gasteiger partial charge >= 0.3 is 0 Å². The minimum atomic E-state index is -0.994. The third-order valence-corrected chi connectivity index (χ3v) is 3.95. The Kier molecular flexibility index (Phi) is 8.28. The van der Waals surface area contributed by atoms with Crippen molar-refractivity contribution in [1.29, 1.82) is 0 Å². The Balaban J connectivity index is 0.000000235. The lowest BCUT2D eigenvalue weighted by Gasteiger charge is -2.09. The molecule has 1 aromatic carbocycles. The lowest BCUT2D eigenvalue weighted by atomic mass is 9.95. The van der Waals surface area contributed by atoms with Crippen LogP contribution in [0.15, 0.2) is 18.2 Å². The van der Waals surface area contributed by atoms with Crippen LogP contribution in [0.25, 0.3) is 0 Å². The van der Waals surface area contributed by atoms with Gasteiger partial charge in [-0.3, -0.25) is 19.7 Å². The number of fused-ring (bicyclic) bond motifs is 1. The van der Waals surface area contributed by atoms with Gasteiger partial charge in [0, 0.05) is 18.5 Å². The Morgan fingerprint density at radius 1 is 1.16 bits per heavy atom. The van der Waals surface area contributed by atoms with E-state index in [4.69, 9.17) is 5.11 Å². The van der Waals surface area contributed by atoms with Crippen LogP contribution in [-0.2, 0) is 16.1 Å². The van der Waals surface area contributed by atoms with Crippen molar-refractivity contribution in [3.8, 4) is 0 Å². The molecule has 0 saturated carbocycles. The molecule has 0 aromatic heterocycles. The van der Waals surface area contributed by atoms with Gasteiger partial charge in [0.15, 0.2) is 0 Å². The van der Waals surface area contributed by atoms with Crippen LogP contribution < -0.4 is 10.6 Å². The summed E-state index contributed by atoms with van der Waals surface area (Å²) in [7, 11) is 0. The van der Waals surface area contributed by atoms with E-state index < -0.39 is 12.0 Å². The van der Waals surface area contributed by atoms with Gasteiger partial charge in [-0.25, -0.2) is 0 Å². The highest BCUT2D eigenvalue weighted by molar-refractivity contribution is 5.99. The third kappa shape index (κ3) is 5.67. The van der Waals surface area contributed by atoms with Crippen molar-refractivity contribution in [3.63, 3.8) is 0 Å². The summed E-state index contributed by atoms with van der Waals surface area (Å²) >= 11 is 0. The Labute approximate surface area is 149 Å². The summed E-state index contributed by atoms with van der Waals surface area (Å²) in [5, 5.41) is 13.8. The zero-order chi connectivity index (χ0) is 19.0. The molecule has 1 fully saturated rings. The van der Waals surface area contributed by atoms with E-state index in [1.165, 1.54) is 11.1 Å². The van der Waals surface area contributed by atoms with Crippen LogP contribution in [0, 0.1) is 0 Å². The summed E-state index contributed by atoms with van der Waals surface area (Å²) in [6.45, 7) is 9.00. The van der Waals surface area contributed by atoms with E-state index in [1.54, 1.807) is 0 Å². The predicted molar refractivity (Wildman–Crippen MR) is 96.1 cm³/mol. The SMILES string of the molecule is CC.CC(C)c1cccc2c1CNC2=O.O=C1CCCC(O)C(=O)N1. The first-order valence-electron chi connectivity index (χ1n) is 8.82. The monoisotopic (exact) mass is 348 g/mol. The van der Waals surface area contributed by atoms with E-state index in [0.29, 0.717) is 31.7 Å². The van der Waals surface area contributed by atoms with Gasteiger partial charge in [0.2, 0.25) is 5.91 Å². The summed E-state index contributed by atoms with van der Waals surface area (Å²) in [5.41, 5.74) is 3.32. The Morgan fingerprint density at radius 3 is 2.48 bits per heavy atom. The van der Waals surface area contributed by atoms with Crippen molar-refractivity contribution < 1.29 is 19.5 Å². The number of benzene rings is 1. The third-order valence-electron chi connectivity index (χ3n) is 3.95. The van der Waals surface area contributed by atoms with Crippen LogP contribution in [0.5, 0.6) is 0 Å². The van der Waals surface area contributed by atoms with Gasteiger partial charge < -0.3 is 10.4 Å². The average molecular weight is 348 g/mol. The molecule has 1 unspecified atom stereocenters. The number of hydrogen-bond acceptors (Lipinski definition) is 4. The summed E-state index contributed by atoms with van der Waals surface area (Å²) in [5.74, 6) is -0.302. The average Bonchev–Trinajstić information content (AvgIpc) is 2.91. The topological polar surface area (TPSA) is 95.5 Å². The number of aliphatic hydroxyl groups is 1. The molecule has 1 aromatic rings. The molecule has 6 heteroatoms. The largest absolute Gasteiger partial charge is 0.383 e. The molecule has 3 rings (SSSR count). The first-order valence-corrected chi connectivity index (χ1v) is 8.82. The standard InChI is InChI=1S/C11H13NO.C6H9NO3.C2H6/c1-7(2)8-4-3-5-9-10(8)6-12-11(9)13;8-4-2-1-3-5(9)7-6(4)10;1-2/h3-5,7H,6H2,1-2H3,(H,12,13);4,8H,1-3H2,(H,7,9,10);1-2H3. The van der Waals surface area contributed by atoms with Crippen LogP contribution in [0.3, 0.4) is 0 Å². The van der Waals surface area contributed by atoms with E-state index in [9.17, 15) is 14.4 Å². The highest BCUT2D eigenvalue weighted by atomic mass is 16.3. The van der Waals surface area contributed by atoms with Crippen LogP contribution in [0.4, 0.5) is 0 Å². The maximum Gasteiger partial charge on any atom is 0.255 e.